The van der Waals surface area contributed by atoms with E-state index in [9.17, 15) is 48.6 Å². The lowest BCUT2D eigenvalue weighted by atomic mass is 9.86. The van der Waals surface area contributed by atoms with Crippen molar-refractivity contribution in [2.45, 2.75) is 83.6 Å². The lowest BCUT2D eigenvalue weighted by Crippen LogP contribution is -2.53. The maximum Gasteiger partial charge on any atom is 0.514 e. The van der Waals surface area contributed by atoms with Gasteiger partial charge in [0.1, 0.15) is 37.7 Å². The number of esters is 1. The number of benzene rings is 2. The predicted octanol–water partition coefficient (Wildman–Crippen LogP) is 1.22. The second-order valence-electron chi connectivity index (χ2n) is 15.9. The number of hydrogen-bond acceptors (Lipinski definition) is 16. The third kappa shape index (κ3) is 11.1. The second kappa shape index (κ2) is 20.8. The Kier molecular flexibility index (Phi) is 15.3. The van der Waals surface area contributed by atoms with Crippen molar-refractivity contribution < 1.29 is 67.5 Å². The van der Waals surface area contributed by atoms with Gasteiger partial charge in [0.2, 0.25) is 23.6 Å². The summed E-state index contributed by atoms with van der Waals surface area (Å²) < 4.78 is 27.4. The Morgan fingerprint density at radius 2 is 1.70 bits per heavy atom. The largest absolute Gasteiger partial charge is 0.514 e. The number of ketones is 1. The van der Waals surface area contributed by atoms with Crippen LogP contribution in [0.4, 0.5) is 10.5 Å². The van der Waals surface area contributed by atoms with Gasteiger partial charge in [-0.05, 0) is 68.3 Å². The van der Waals surface area contributed by atoms with Crippen LogP contribution in [0.25, 0.3) is 22.3 Å². The molecule has 21 nitrogen and oxygen atoms in total. The van der Waals surface area contributed by atoms with Gasteiger partial charge in [0.25, 0.3) is 5.56 Å². The number of nitrogens with two attached hydrogens (primary N) is 1. The van der Waals surface area contributed by atoms with E-state index in [4.69, 9.17) is 34.4 Å². The Labute approximate surface area is 376 Å². The Balaban J connectivity index is 1.01. The van der Waals surface area contributed by atoms with E-state index in [-0.39, 0.29) is 80.5 Å². The van der Waals surface area contributed by atoms with Gasteiger partial charge in [-0.15, -0.1) is 0 Å². The number of aliphatic hydroxyl groups is 2. The minimum Gasteiger partial charge on any atom is -0.458 e. The Hall–Kier alpha value is -7.07. The zero-order chi connectivity index (χ0) is 47.9. The molecule has 4 amide bonds. The van der Waals surface area contributed by atoms with Gasteiger partial charge in [0.15, 0.2) is 11.4 Å². The molecule has 2 aliphatic rings. The van der Waals surface area contributed by atoms with Crippen molar-refractivity contribution >= 4 is 58.1 Å². The number of aliphatic hydroxyl groups excluding tert-OH is 1. The number of carbonyl (C=O) groups excluding carboxylic acids is 7. The lowest BCUT2D eigenvalue weighted by molar-refractivity contribution is -0.172. The van der Waals surface area contributed by atoms with Crippen LogP contribution in [-0.2, 0) is 73.1 Å². The standard InChI is InChI=1S/C45H50N6O15/c1-5-45(61)33-17-36-38-27(19-51(36)42(58)32(33)22-64-43(45)59)14-26-15-30(10-11-34(26)49-38)66-44(60)65-20-25-6-8-28(9-7-25)48-41(57)35(18-37(46)54)50-39(55)23(2)47-40(56)31(24(3)52)16-29(53)21-63-13-12-62-4/h6-11,14-15,17,23-24,31,35,52,61H,5,12-13,16,18-22H2,1-4H3,(H2,46,54)(H,47,56)(H,48,57)(H,50,55)/t23-,24?,31-,35+,45-/m0/s1. The number of ether oxygens (including phenoxy) is 5. The van der Waals surface area contributed by atoms with Crippen LogP contribution in [0.3, 0.4) is 0 Å². The average Bonchev–Trinajstić information content (AvgIpc) is 3.64. The molecule has 0 saturated heterocycles. The molecule has 6 rings (SSSR count). The number of nitrogens with zero attached hydrogens (tertiary/aromatic N) is 2. The van der Waals surface area contributed by atoms with E-state index in [0.29, 0.717) is 33.4 Å². The molecule has 66 heavy (non-hydrogen) atoms. The summed E-state index contributed by atoms with van der Waals surface area (Å²) in [6.07, 6.45) is -3.19. The third-order valence-corrected chi connectivity index (χ3v) is 11.1. The molecule has 0 fully saturated rings. The van der Waals surface area contributed by atoms with Crippen LogP contribution in [0.5, 0.6) is 5.75 Å². The van der Waals surface area contributed by atoms with E-state index in [0.717, 1.165) is 0 Å². The van der Waals surface area contributed by atoms with E-state index in [1.807, 2.05) is 6.07 Å². The highest BCUT2D eigenvalue weighted by Crippen LogP contribution is 2.39. The molecule has 1 unspecified atom stereocenters. The van der Waals surface area contributed by atoms with Crippen molar-refractivity contribution in [3.05, 3.63) is 87.2 Å². The zero-order valence-electron chi connectivity index (χ0n) is 36.5. The van der Waals surface area contributed by atoms with Crippen molar-refractivity contribution in [1.29, 1.82) is 0 Å². The van der Waals surface area contributed by atoms with E-state index < -0.39 is 77.7 Å². The highest BCUT2D eigenvalue weighted by Gasteiger charge is 2.45. The van der Waals surface area contributed by atoms with Crippen molar-refractivity contribution in [2.75, 3.05) is 32.2 Å². The monoisotopic (exact) mass is 914 g/mol. The van der Waals surface area contributed by atoms with Gasteiger partial charge in [-0.1, -0.05) is 19.1 Å². The summed E-state index contributed by atoms with van der Waals surface area (Å²) in [6.45, 7) is 4.11. The highest BCUT2D eigenvalue weighted by molar-refractivity contribution is 6.00. The number of rotatable bonds is 20. The van der Waals surface area contributed by atoms with Gasteiger partial charge in [0.05, 0.1) is 60.7 Å². The van der Waals surface area contributed by atoms with Gasteiger partial charge >= 0.3 is 12.1 Å². The maximum absolute atomic E-state index is 13.5. The molecular weight excluding hydrogens is 865 g/mol. The minimum atomic E-state index is -1.95. The number of carbonyl (C=O) groups is 7. The molecule has 4 heterocycles. The fourth-order valence-corrected chi connectivity index (χ4v) is 7.42. The molecule has 5 atom stereocenters. The van der Waals surface area contributed by atoms with Crippen LogP contribution in [0.2, 0.25) is 0 Å². The van der Waals surface area contributed by atoms with Crippen LogP contribution < -0.4 is 32.0 Å². The molecule has 350 valence electrons. The van der Waals surface area contributed by atoms with Crippen LogP contribution >= 0.6 is 0 Å². The first-order valence-electron chi connectivity index (χ1n) is 20.9. The van der Waals surface area contributed by atoms with Crippen molar-refractivity contribution in [3.8, 4) is 17.1 Å². The first kappa shape index (κ1) is 48.4. The molecule has 7 N–H and O–H groups in total. The van der Waals surface area contributed by atoms with E-state index in [1.54, 1.807) is 37.3 Å². The van der Waals surface area contributed by atoms with Crippen LogP contribution in [-0.4, -0.2) is 106 Å². The number of Topliss-reactive ketones (excluding diaryl/α,β-unsaturated/α-hetero) is 1. The van der Waals surface area contributed by atoms with Crippen molar-refractivity contribution in [2.24, 2.45) is 11.7 Å². The summed E-state index contributed by atoms with van der Waals surface area (Å²) in [5.74, 6) is -5.66. The van der Waals surface area contributed by atoms with Gasteiger partial charge in [0, 0.05) is 35.7 Å². The van der Waals surface area contributed by atoms with Gasteiger partial charge in [-0.3, -0.25) is 28.8 Å². The highest BCUT2D eigenvalue weighted by atomic mass is 16.7. The molecule has 0 bridgehead atoms. The molecule has 0 spiro atoms. The van der Waals surface area contributed by atoms with Crippen molar-refractivity contribution in [3.63, 3.8) is 0 Å². The number of cyclic esters (lactones) is 1. The molecule has 4 aromatic rings. The summed E-state index contributed by atoms with van der Waals surface area (Å²) in [7, 11) is 1.47. The summed E-state index contributed by atoms with van der Waals surface area (Å²) in [5, 5.41) is 29.3. The first-order valence-corrected chi connectivity index (χ1v) is 20.9. The topological polar surface area (TPSA) is 303 Å². The first-order chi connectivity index (χ1) is 31.4. The molecule has 0 radical (unpaired) electrons. The summed E-state index contributed by atoms with van der Waals surface area (Å²) in [4.78, 5) is 107. The number of fused-ring (bicyclic) bond motifs is 5. The zero-order valence-corrected chi connectivity index (χ0v) is 36.5. The Morgan fingerprint density at radius 3 is 2.38 bits per heavy atom. The third-order valence-electron chi connectivity index (χ3n) is 11.1. The fourth-order valence-electron chi connectivity index (χ4n) is 7.42. The van der Waals surface area contributed by atoms with E-state index in [1.165, 1.54) is 43.7 Å². The predicted molar refractivity (Wildman–Crippen MR) is 231 cm³/mol. The van der Waals surface area contributed by atoms with Crippen molar-refractivity contribution in [1.82, 2.24) is 20.2 Å². The number of hydrogen-bond donors (Lipinski definition) is 6. The van der Waals surface area contributed by atoms with Gasteiger partial charge in [-0.2, -0.15) is 0 Å². The molecule has 2 aromatic heterocycles. The minimum absolute atomic E-state index is 0.0184. The lowest BCUT2D eigenvalue weighted by Gasteiger charge is -2.31. The van der Waals surface area contributed by atoms with Gasteiger partial charge in [-0.25, -0.2) is 14.6 Å². The quantitative estimate of drug-likeness (QED) is 0.0363. The number of nitrogens with one attached hydrogen (secondary N) is 3. The Morgan fingerprint density at radius 1 is 0.955 bits per heavy atom. The Bertz CT molecular complexity index is 2610. The SMILES string of the molecule is CC[C@@]1(O)C(=O)OCc2c1cc1n(c2=O)Cc2cc3cc(OC(=O)OCc4ccc(NC(=O)[C@@H](CC(N)=O)NC(=O)[C@H](C)NC(=O)[C@@H](CC(=O)COCCOC)C(C)O)cc4)ccc3nc2-1. The molecule has 2 aliphatic heterocycles. The maximum atomic E-state index is 13.5. The van der Waals surface area contributed by atoms with Crippen LogP contribution in [0, 0.1) is 5.92 Å². The normalized spacial score (nSPS) is 16.6. The van der Waals surface area contributed by atoms with E-state index in [2.05, 4.69) is 16.0 Å². The smallest absolute Gasteiger partial charge is 0.458 e. The molecular formula is C45H50N6O15. The summed E-state index contributed by atoms with van der Waals surface area (Å²) >= 11 is 0. The molecule has 21 heteroatoms. The number of aromatic nitrogens is 2. The van der Waals surface area contributed by atoms with Crippen LogP contribution in [0.15, 0.2) is 59.4 Å². The fraction of sp³-hybridized carbons (Fsp3) is 0.400. The summed E-state index contributed by atoms with van der Waals surface area (Å²) in [5.41, 5.74) is 6.39. The molecule has 0 aliphatic carbocycles. The average molecular weight is 915 g/mol. The van der Waals surface area contributed by atoms with E-state index >= 15 is 0 Å². The molecule has 2 aromatic carbocycles. The number of primary amides is 1. The second-order valence-corrected chi connectivity index (χ2v) is 15.9. The van der Waals surface area contributed by atoms with Crippen LogP contribution in [0.1, 0.15) is 62.3 Å². The number of pyridine rings is 2. The number of methoxy groups -OCH3 is 1. The van der Waals surface area contributed by atoms with Gasteiger partial charge < -0.3 is 60.1 Å². The molecule has 0 saturated carbocycles. The number of amides is 4. The summed E-state index contributed by atoms with van der Waals surface area (Å²) in [6, 6.07) is 11.5. The number of anilines is 1.